The molecule has 3 N–H and O–H groups in total. The van der Waals surface area contributed by atoms with Crippen molar-refractivity contribution in [2.24, 2.45) is 12.8 Å². The summed E-state index contributed by atoms with van der Waals surface area (Å²) in [5, 5.41) is 0. The number of fused-ring (bicyclic) bond motifs is 1. The molecule has 0 atom stereocenters. The second kappa shape index (κ2) is 4.60. The topological polar surface area (TPSA) is 125 Å². The van der Waals surface area contributed by atoms with E-state index in [1.165, 1.54) is 13.4 Å². The van der Waals surface area contributed by atoms with E-state index in [1.807, 2.05) is 0 Å². The molecule has 2 heterocycles. The number of aromatic amines is 1. The quantitative estimate of drug-likeness (QED) is 0.738. The third-order valence-corrected chi connectivity index (χ3v) is 2.58. The molecule has 0 radical (unpaired) electrons. The zero-order valence-electron chi connectivity index (χ0n) is 11.3. The fourth-order valence-corrected chi connectivity index (χ4v) is 1.59. The number of ether oxygens (including phenoxy) is 1. The molecule has 0 unspecified atom stereocenters. The Labute approximate surface area is 113 Å². The van der Waals surface area contributed by atoms with Crippen LogP contribution in [0.2, 0.25) is 0 Å². The monoisotopic (exact) mass is 281 g/mol. The maximum Gasteiger partial charge on any atom is 0.424 e. The molecular formula is C11H15N5O4. The summed E-state index contributed by atoms with van der Waals surface area (Å²) >= 11 is 0. The highest BCUT2D eigenvalue weighted by atomic mass is 16.6. The Hall–Kier alpha value is -2.42. The van der Waals surface area contributed by atoms with Crippen molar-refractivity contribution in [2.45, 2.75) is 19.4 Å². The second-order valence-electron chi connectivity index (χ2n) is 5.13. The van der Waals surface area contributed by atoms with Crippen molar-refractivity contribution in [3.8, 4) is 0 Å². The van der Waals surface area contributed by atoms with Crippen molar-refractivity contribution in [1.29, 1.82) is 0 Å². The Bertz CT molecular complexity index is 777. The first-order chi connectivity index (χ1) is 9.22. The third kappa shape index (κ3) is 2.35. The van der Waals surface area contributed by atoms with E-state index in [2.05, 4.69) is 9.97 Å². The SMILES string of the molecule is Cn1c(=O)c2[nH]cnc2n(C(=O)OCC(C)(C)N)c1=O. The summed E-state index contributed by atoms with van der Waals surface area (Å²) in [4.78, 5) is 42.2. The van der Waals surface area contributed by atoms with Gasteiger partial charge in [-0.3, -0.25) is 9.36 Å². The molecular weight excluding hydrogens is 266 g/mol. The molecule has 0 saturated heterocycles. The van der Waals surface area contributed by atoms with Gasteiger partial charge in [-0.05, 0) is 13.8 Å². The van der Waals surface area contributed by atoms with Crippen LogP contribution in [0.4, 0.5) is 4.79 Å². The van der Waals surface area contributed by atoms with Crippen LogP contribution in [0.25, 0.3) is 11.2 Å². The van der Waals surface area contributed by atoms with E-state index in [-0.39, 0.29) is 17.8 Å². The van der Waals surface area contributed by atoms with E-state index >= 15 is 0 Å². The number of hydrogen-bond acceptors (Lipinski definition) is 6. The van der Waals surface area contributed by atoms with Crippen LogP contribution in [0.5, 0.6) is 0 Å². The predicted octanol–water partition coefficient (Wildman–Crippen LogP) is -0.855. The second-order valence-corrected chi connectivity index (χ2v) is 5.13. The number of carbonyl (C=O) groups excluding carboxylic acids is 1. The normalized spacial score (nSPS) is 11.8. The fourth-order valence-electron chi connectivity index (χ4n) is 1.59. The first kappa shape index (κ1) is 14.0. The van der Waals surface area contributed by atoms with E-state index in [4.69, 9.17) is 10.5 Å². The maximum absolute atomic E-state index is 12.0. The lowest BCUT2D eigenvalue weighted by Gasteiger charge is -2.18. The average molecular weight is 281 g/mol. The summed E-state index contributed by atoms with van der Waals surface area (Å²) in [5.41, 5.74) is 3.57. The maximum atomic E-state index is 12.0. The number of nitrogens with two attached hydrogens (primary N) is 1. The molecule has 2 aromatic rings. The van der Waals surface area contributed by atoms with Crippen LogP contribution in [0.3, 0.4) is 0 Å². The summed E-state index contributed by atoms with van der Waals surface area (Å²) < 4.78 is 6.47. The van der Waals surface area contributed by atoms with Crippen LogP contribution in [-0.4, -0.2) is 37.3 Å². The van der Waals surface area contributed by atoms with Gasteiger partial charge in [0.2, 0.25) is 0 Å². The molecule has 0 aromatic carbocycles. The number of nitrogens with one attached hydrogen (secondary N) is 1. The first-order valence-electron chi connectivity index (χ1n) is 5.83. The molecule has 0 amide bonds. The summed E-state index contributed by atoms with van der Waals surface area (Å²) in [6.07, 6.45) is 0.295. The van der Waals surface area contributed by atoms with E-state index in [9.17, 15) is 14.4 Å². The van der Waals surface area contributed by atoms with E-state index < -0.39 is 22.9 Å². The Balaban J connectivity index is 2.55. The van der Waals surface area contributed by atoms with Crippen molar-refractivity contribution in [1.82, 2.24) is 19.1 Å². The van der Waals surface area contributed by atoms with Crippen LogP contribution in [0, 0.1) is 0 Å². The van der Waals surface area contributed by atoms with Crippen molar-refractivity contribution < 1.29 is 9.53 Å². The van der Waals surface area contributed by atoms with Gasteiger partial charge in [-0.2, -0.15) is 4.57 Å². The average Bonchev–Trinajstić information content (AvgIpc) is 2.82. The summed E-state index contributed by atoms with van der Waals surface area (Å²) in [5.74, 6) is 0. The molecule has 2 aromatic heterocycles. The number of nitrogens with zero attached hydrogens (tertiary/aromatic N) is 3. The van der Waals surface area contributed by atoms with Crippen LogP contribution >= 0.6 is 0 Å². The van der Waals surface area contributed by atoms with Gasteiger partial charge in [-0.25, -0.2) is 14.6 Å². The highest BCUT2D eigenvalue weighted by molar-refractivity contribution is 5.82. The van der Waals surface area contributed by atoms with Crippen molar-refractivity contribution in [3.05, 3.63) is 27.2 Å². The number of aromatic nitrogens is 4. The Morgan fingerprint density at radius 1 is 1.50 bits per heavy atom. The number of hydrogen-bond donors (Lipinski definition) is 2. The zero-order chi connectivity index (χ0) is 15.1. The molecule has 0 aliphatic rings. The lowest BCUT2D eigenvalue weighted by Crippen LogP contribution is -2.44. The molecule has 0 fully saturated rings. The standard InChI is InChI=1S/C11H15N5O4/c1-11(2,12)4-20-10(19)16-7-6(13-5-14-7)8(17)15(3)9(16)18/h5H,4,12H2,1-3H3,(H,13,14). The zero-order valence-corrected chi connectivity index (χ0v) is 11.3. The smallest absolute Gasteiger partial charge is 0.424 e. The molecule has 0 aliphatic carbocycles. The Morgan fingerprint density at radius 3 is 2.75 bits per heavy atom. The highest BCUT2D eigenvalue weighted by Gasteiger charge is 2.21. The third-order valence-electron chi connectivity index (χ3n) is 2.58. The van der Waals surface area contributed by atoms with Gasteiger partial charge >= 0.3 is 11.8 Å². The largest absolute Gasteiger partial charge is 0.447 e. The lowest BCUT2D eigenvalue weighted by molar-refractivity contribution is 0.125. The van der Waals surface area contributed by atoms with E-state index in [0.29, 0.717) is 4.57 Å². The minimum atomic E-state index is -0.929. The van der Waals surface area contributed by atoms with E-state index in [0.717, 1.165) is 4.57 Å². The molecule has 2 rings (SSSR count). The summed E-state index contributed by atoms with van der Waals surface area (Å²) in [6.45, 7) is 3.27. The summed E-state index contributed by atoms with van der Waals surface area (Å²) in [6, 6.07) is 0. The van der Waals surface area contributed by atoms with Crippen molar-refractivity contribution >= 4 is 17.3 Å². The number of rotatable bonds is 2. The van der Waals surface area contributed by atoms with E-state index in [1.54, 1.807) is 13.8 Å². The highest BCUT2D eigenvalue weighted by Crippen LogP contribution is 2.04. The molecule has 0 aliphatic heterocycles. The number of H-pyrrole nitrogens is 1. The van der Waals surface area contributed by atoms with Crippen LogP contribution in [0.1, 0.15) is 13.8 Å². The molecule has 108 valence electrons. The van der Waals surface area contributed by atoms with Gasteiger partial charge in [0.15, 0.2) is 5.65 Å². The summed E-state index contributed by atoms with van der Waals surface area (Å²) in [7, 11) is 1.27. The minimum Gasteiger partial charge on any atom is -0.447 e. The first-order valence-corrected chi connectivity index (χ1v) is 5.83. The molecule has 20 heavy (non-hydrogen) atoms. The molecule has 0 saturated carbocycles. The van der Waals surface area contributed by atoms with Gasteiger partial charge in [-0.1, -0.05) is 0 Å². The van der Waals surface area contributed by atoms with Gasteiger partial charge in [-0.15, -0.1) is 0 Å². The predicted molar refractivity (Wildman–Crippen MR) is 70.6 cm³/mol. The number of carbonyl (C=O) groups is 1. The fraction of sp³-hybridized carbons (Fsp3) is 0.455. The van der Waals surface area contributed by atoms with Gasteiger partial charge in [0.05, 0.1) is 6.33 Å². The van der Waals surface area contributed by atoms with Gasteiger partial charge in [0, 0.05) is 12.6 Å². The number of imidazole rings is 1. The molecule has 0 bridgehead atoms. The van der Waals surface area contributed by atoms with Crippen LogP contribution in [0.15, 0.2) is 15.9 Å². The molecule has 9 heteroatoms. The lowest BCUT2D eigenvalue weighted by atomic mass is 10.1. The Kier molecular flexibility index (Phi) is 3.22. The van der Waals surface area contributed by atoms with Gasteiger partial charge < -0.3 is 15.5 Å². The molecule has 9 nitrogen and oxygen atoms in total. The molecule has 0 spiro atoms. The minimum absolute atomic E-state index is 0.0519. The van der Waals surface area contributed by atoms with Crippen molar-refractivity contribution in [2.75, 3.05) is 6.61 Å². The van der Waals surface area contributed by atoms with Crippen LogP contribution in [-0.2, 0) is 11.8 Å². The van der Waals surface area contributed by atoms with Gasteiger partial charge in [0.25, 0.3) is 5.56 Å². The van der Waals surface area contributed by atoms with Crippen LogP contribution < -0.4 is 17.0 Å². The van der Waals surface area contributed by atoms with Gasteiger partial charge in [0.1, 0.15) is 12.1 Å². The Morgan fingerprint density at radius 2 is 2.15 bits per heavy atom. The van der Waals surface area contributed by atoms with Crippen molar-refractivity contribution in [3.63, 3.8) is 0 Å².